The molecule has 3 nitrogen and oxygen atoms in total. The molecule has 1 aliphatic heterocycles. The van der Waals surface area contributed by atoms with Gasteiger partial charge in [-0.25, -0.2) is 0 Å². The maximum absolute atomic E-state index is 5.99. The fourth-order valence-electron chi connectivity index (χ4n) is 2.67. The lowest BCUT2D eigenvalue weighted by molar-refractivity contribution is -0.0280. The number of aromatic nitrogens is 1. The van der Waals surface area contributed by atoms with Crippen LogP contribution < -0.4 is 5.32 Å². The van der Waals surface area contributed by atoms with Crippen LogP contribution in [0.15, 0.2) is 18.3 Å². The number of nitrogens with zero attached hydrogens (tertiary/aromatic N) is 1. The van der Waals surface area contributed by atoms with Gasteiger partial charge in [-0.3, -0.25) is 4.98 Å². The topological polar surface area (TPSA) is 34.1 Å². The highest BCUT2D eigenvalue weighted by Crippen LogP contribution is 2.33. The van der Waals surface area contributed by atoms with Crippen molar-refractivity contribution in [2.45, 2.75) is 44.8 Å². The average molecular weight is 246 g/mol. The highest BCUT2D eigenvalue weighted by atomic mass is 16.5. The zero-order valence-electron chi connectivity index (χ0n) is 11.1. The highest BCUT2D eigenvalue weighted by molar-refractivity contribution is 5.17. The molecule has 0 bridgehead atoms. The molecule has 2 aliphatic rings. The smallest absolute Gasteiger partial charge is 0.0880 e. The summed E-state index contributed by atoms with van der Waals surface area (Å²) in [7, 11) is 0. The molecule has 0 aromatic carbocycles. The molecule has 1 aromatic heterocycles. The minimum atomic E-state index is 0.234. The number of pyridine rings is 1. The van der Waals surface area contributed by atoms with Crippen LogP contribution in [-0.4, -0.2) is 24.2 Å². The van der Waals surface area contributed by atoms with Crippen molar-refractivity contribution in [3.05, 3.63) is 29.6 Å². The van der Waals surface area contributed by atoms with Gasteiger partial charge in [0, 0.05) is 37.0 Å². The van der Waals surface area contributed by atoms with Gasteiger partial charge < -0.3 is 10.1 Å². The van der Waals surface area contributed by atoms with E-state index in [1.54, 1.807) is 0 Å². The summed E-state index contributed by atoms with van der Waals surface area (Å²) in [6, 6.07) is 5.03. The van der Waals surface area contributed by atoms with Crippen molar-refractivity contribution in [2.24, 2.45) is 5.92 Å². The Morgan fingerprint density at radius 1 is 1.33 bits per heavy atom. The second-order valence-electron chi connectivity index (χ2n) is 5.61. The minimum Gasteiger partial charge on any atom is -0.373 e. The van der Waals surface area contributed by atoms with Gasteiger partial charge in [-0.1, -0.05) is 6.07 Å². The lowest BCUT2D eigenvalue weighted by atomic mass is 9.90. The Kier molecular flexibility index (Phi) is 3.62. The molecule has 0 radical (unpaired) electrons. The van der Waals surface area contributed by atoms with Gasteiger partial charge in [-0.05, 0) is 44.2 Å². The Labute approximate surface area is 109 Å². The van der Waals surface area contributed by atoms with Crippen molar-refractivity contribution in [1.29, 1.82) is 0 Å². The van der Waals surface area contributed by atoms with Crippen LogP contribution in [0, 0.1) is 12.8 Å². The van der Waals surface area contributed by atoms with Crippen LogP contribution in [0.5, 0.6) is 0 Å². The zero-order chi connectivity index (χ0) is 12.4. The molecule has 3 rings (SSSR count). The van der Waals surface area contributed by atoms with Crippen molar-refractivity contribution < 1.29 is 4.74 Å². The Morgan fingerprint density at radius 3 is 2.94 bits per heavy atom. The van der Waals surface area contributed by atoms with Gasteiger partial charge in [-0.2, -0.15) is 0 Å². The second-order valence-corrected chi connectivity index (χ2v) is 5.61. The van der Waals surface area contributed by atoms with E-state index in [1.807, 2.05) is 13.1 Å². The molecule has 1 saturated carbocycles. The van der Waals surface area contributed by atoms with Gasteiger partial charge in [-0.15, -0.1) is 0 Å². The van der Waals surface area contributed by atoms with Crippen LogP contribution in [0.25, 0.3) is 0 Å². The molecular formula is C15H22N2O. The maximum atomic E-state index is 5.99. The molecule has 3 heteroatoms. The molecule has 18 heavy (non-hydrogen) atoms. The molecule has 2 unspecified atom stereocenters. The van der Waals surface area contributed by atoms with E-state index in [0.717, 1.165) is 24.9 Å². The highest BCUT2D eigenvalue weighted by Gasteiger charge is 2.29. The molecule has 1 saturated heterocycles. The van der Waals surface area contributed by atoms with E-state index in [1.165, 1.54) is 31.2 Å². The van der Waals surface area contributed by atoms with E-state index in [0.29, 0.717) is 5.92 Å². The molecule has 0 spiro atoms. The number of rotatable bonds is 4. The van der Waals surface area contributed by atoms with E-state index in [2.05, 4.69) is 22.4 Å². The second kappa shape index (κ2) is 5.37. The molecule has 1 N–H and O–H groups in total. The Bertz CT molecular complexity index is 386. The predicted molar refractivity (Wildman–Crippen MR) is 71.4 cm³/mol. The monoisotopic (exact) mass is 246 g/mol. The first-order chi connectivity index (χ1) is 8.83. The lowest BCUT2D eigenvalue weighted by Gasteiger charge is -2.32. The Hall–Kier alpha value is -0.930. The summed E-state index contributed by atoms with van der Waals surface area (Å²) in [5.41, 5.74) is 2.31. The quantitative estimate of drug-likeness (QED) is 0.886. The van der Waals surface area contributed by atoms with Gasteiger partial charge in [0.1, 0.15) is 0 Å². The third-order valence-electron chi connectivity index (χ3n) is 3.95. The van der Waals surface area contributed by atoms with E-state index >= 15 is 0 Å². The summed E-state index contributed by atoms with van der Waals surface area (Å²) in [6.45, 7) is 4.00. The van der Waals surface area contributed by atoms with Crippen molar-refractivity contribution in [3.8, 4) is 0 Å². The summed E-state index contributed by atoms with van der Waals surface area (Å²) < 4.78 is 5.99. The number of hydrogen-bond acceptors (Lipinski definition) is 3. The molecule has 2 heterocycles. The van der Waals surface area contributed by atoms with Gasteiger partial charge in [0.15, 0.2) is 0 Å². The van der Waals surface area contributed by atoms with Crippen LogP contribution in [-0.2, 0) is 4.74 Å². The fraction of sp³-hybridized carbons (Fsp3) is 0.667. The molecule has 1 aliphatic carbocycles. The van der Waals surface area contributed by atoms with Crippen molar-refractivity contribution in [3.63, 3.8) is 0 Å². The van der Waals surface area contributed by atoms with E-state index in [9.17, 15) is 0 Å². The van der Waals surface area contributed by atoms with E-state index in [-0.39, 0.29) is 6.10 Å². The standard InChI is InChI=1S/C15H22N2O/c1-11-4-5-13(9-16-11)15-12(3-2-8-18-15)10-17-14-6-7-14/h4-5,9,12,14-15,17H,2-3,6-8,10H2,1H3. The Morgan fingerprint density at radius 2 is 2.22 bits per heavy atom. The van der Waals surface area contributed by atoms with Gasteiger partial charge >= 0.3 is 0 Å². The van der Waals surface area contributed by atoms with Gasteiger partial charge in [0.05, 0.1) is 6.10 Å². The summed E-state index contributed by atoms with van der Waals surface area (Å²) in [5, 5.41) is 3.64. The van der Waals surface area contributed by atoms with Crippen LogP contribution in [0.1, 0.15) is 43.0 Å². The largest absolute Gasteiger partial charge is 0.373 e. The van der Waals surface area contributed by atoms with Gasteiger partial charge in [0.25, 0.3) is 0 Å². The zero-order valence-corrected chi connectivity index (χ0v) is 11.1. The van der Waals surface area contributed by atoms with Crippen molar-refractivity contribution >= 4 is 0 Å². The van der Waals surface area contributed by atoms with Crippen molar-refractivity contribution in [2.75, 3.05) is 13.2 Å². The molecular weight excluding hydrogens is 224 g/mol. The number of aryl methyl sites for hydroxylation is 1. The Balaban J connectivity index is 1.67. The fourth-order valence-corrected chi connectivity index (χ4v) is 2.67. The molecule has 0 amide bonds. The third-order valence-corrected chi connectivity index (χ3v) is 3.95. The van der Waals surface area contributed by atoms with Crippen LogP contribution in [0.2, 0.25) is 0 Å². The molecule has 2 atom stereocenters. The lowest BCUT2D eigenvalue weighted by Crippen LogP contribution is -2.33. The number of ether oxygens (including phenoxy) is 1. The maximum Gasteiger partial charge on any atom is 0.0880 e. The molecule has 2 fully saturated rings. The molecule has 1 aromatic rings. The van der Waals surface area contributed by atoms with Crippen LogP contribution in [0.3, 0.4) is 0 Å². The average Bonchev–Trinajstić information content (AvgIpc) is 3.22. The molecule has 98 valence electrons. The number of hydrogen-bond donors (Lipinski definition) is 1. The summed E-state index contributed by atoms with van der Waals surface area (Å²) in [6.07, 6.45) is 7.37. The SMILES string of the molecule is Cc1ccc(C2OCCCC2CNC2CC2)cn1. The van der Waals surface area contributed by atoms with Crippen LogP contribution >= 0.6 is 0 Å². The minimum absolute atomic E-state index is 0.234. The normalized spacial score (nSPS) is 28.3. The van der Waals surface area contributed by atoms with E-state index in [4.69, 9.17) is 4.74 Å². The summed E-state index contributed by atoms with van der Waals surface area (Å²) in [4.78, 5) is 4.40. The first kappa shape index (κ1) is 12.1. The first-order valence-corrected chi connectivity index (χ1v) is 7.10. The predicted octanol–water partition coefficient (Wildman–Crippen LogP) is 2.61. The van der Waals surface area contributed by atoms with Gasteiger partial charge in [0.2, 0.25) is 0 Å². The van der Waals surface area contributed by atoms with Crippen LogP contribution in [0.4, 0.5) is 0 Å². The first-order valence-electron chi connectivity index (χ1n) is 7.10. The van der Waals surface area contributed by atoms with Crippen molar-refractivity contribution in [1.82, 2.24) is 10.3 Å². The summed E-state index contributed by atoms with van der Waals surface area (Å²) in [5.74, 6) is 0.601. The third kappa shape index (κ3) is 2.90. The number of nitrogens with one attached hydrogen (secondary N) is 1. The van der Waals surface area contributed by atoms with E-state index < -0.39 is 0 Å². The summed E-state index contributed by atoms with van der Waals surface area (Å²) >= 11 is 0.